The molecule has 0 aliphatic heterocycles. The Morgan fingerprint density at radius 3 is 1.97 bits per heavy atom. The normalized spacial score (nSPS) is 10.1. The molecule has 0 fully saturated rings. The lowest BCUT2D eigenvalue weighted by atomic mass is 10.0. The van der Waals surface area contributed by atoms with Crippen molar-refractivity contribution in [2.24, 2.45) is 0 Å². The summed E-state index contributed by atoms with van der Waals surface area (Å²) in [5.41, 5.74) is 4.58. The minimum atomic E-state index is 0.317. The molecule has 0 saturated heterocycles. The predicted octanol–water partition coefficient (Wildman–Crippen LogP) is 7.49. The van der Waals surface area contributed by atoms with E-state index in [9.17, 15) is 0 Å². The molecule has 35 heavy (non-hydrogen) atoms. The molecule has 4 aromatic rings. The van der Waals surface area contributed by atoms with Gasteiger partial charge in [-0.3, -0.25) is 5.41 Å². The van der Waals surface area contributed by atoms with E-state index in [1.165, 1.54) is 0 Å². The van der Waals surface area contributed by atoms with Crippen molar-refractivity contribution in [2.75, 3.05) is 12.4 Å². The largest absolute Gasteiger partial charge is 0.473 e. The Bertz CT molecular complexity index is 1230. The summed E-state index contributed by atoms with van der Waals surface area (Å²) >= 11 is 3.49. The zero-order valence-corrected chi connectivity index (χ0v) is 21.8. The molecule has 3 aromatic carbocycles. The third-order valence-electron chi connectivity index (χ3n) is 5.07. The molecule has 4 rings (SSSR count). The summed E-state index contributed by atoms with van der Waals surface area (Å²) in [5, 5.41) is 12.1. The molecular weight excluding hydrogens is 502 g/mol. The summed E-state index contributed by atoms with van der Waals surface area (Å²) in [5.74, 6) is 0.808. The first-order valence-corrected chi connectivity index (χ1v) is 12.3. The lowest BCUT2D eigenvalue weighted by Gasteiger charge is -2.16. The van der Waals surface area contributed by atoms with Crippen molar-refractivity contribution in [1.82, 2.24) is 4.98 Å². The molecule has 0 amide bonds. The SMILES string of the molecule is CC.CNc1cc(Br)ccc1C(=N)c1ccc(OCc2ccccc2)nc1OCc1ccccc1. The molecule has 180 valence electrons. The third kappa shape index (κ3) is 7.17. The van der Waals surface area contributed by atoms with Gasteiger partial charge in [0.2, 0.25) is 11.8 Å². The number of nitrogens with zero attached hydrogens (tertiary/aromatic N) is 1. The monoisotopic (exact) mass is 531 g/mol. The first-order chi connectivity index (χ1) is 17.1. The molecule has 1 heterocycles. The molecule has 0 spiro atoms. The van der Waals surface area contributed by atoms with E-state index in [2.05, 4.69) is 26.2 Å². The Kier molecular flexibility index (Phi) is 9.87. The van der Waals surface area contributed by atoms with E-state index in [1.54, 1.807) is 6.07 Å². The predicted molar refractivity (Wildman–Crippen MR) is 147 cm³/mol. The lowest BCUT2D eigenvalue weighted by Crippen LogP contribution is -2.10. The van der Waals surface area contributed by atoms with Crippen LogP contribution >= 0.6 is 15.9 Å². The lowest BCUT2D eigenvalue weighted by molar-refractivity contribution is 0.267. The van der Waals surface area contributed by atoms with Gasteiger partial charge < -0.3 is 14.8 Å². The van der Waals surface area contributed by atoms with E-state index in [0.29, 0.717) is 36.2 Å². The second-order valence-corrected chi connectivity index (χ2v) is 8.28. The number of benzene rings is 3. The van der Waals surface area contributed by atoms with Crippen molar-refractivity contribution < 1.29 is 9.47 Å². The van der Waals surface area contributed by atoms with Crippen LogP contribution in [0.2, 0.25) is 0 Å². The van der Waals surface area contributed by atoms with Crippen LogP contribution in [0.25, 0.3) is 0 Å². The molecule has 6 heteroatoms. The average Bonchev–Trinajstić information content (AvgIpc) is 2.92. The van der Waals surface area contributed by atoms with Gasteiger partial charge in [-0.25, -0.2) is 0 Å². The summed E-state index contributed by atoms with van der Waals surface area (Å²) in [6.45, 7) is 4.74. The number of pyridine rings is 1. The number of hydrogen-bond donors (Lipinski definition) is 2. The third-order valence-corrected chi connectivity index (χ3v) is 5.57. The van der Waals surface area contributed by atoms with Gasteiger partial charge in [-0.1, -0.05) is 90.4 Å². The fourth-order valence-corrected chi connectivity index (χ4v) is 3.71. The van der Waals surface area contributed by atoms with Crippen LogP contribution in [-0.2, 0) is 13.2 Å². The van der Waals surface area contributed by atoms with Crippen LogP contribution in [0.5, 0.6) is 11.8 Å². The van der Waals surface area contributed by atoms with Gasteiger partial charge >= 0.3 is 0 Å². The van der Waals surface area contributed by atoms with Gasteiger partial charge in [0.15, 0.2) is 0 Å². The highest BCUT2D eigenvalue weighted by Gasteiger charge is 2.17. The van der Waals surface area contributed by atoms with Gasteiger partial charge in [0.05, 0.1) is 11.3 Å². The van der Waals surface area contributed by atoms with Crippen LogP contribution in [0.15, 0.2) is 95.5 Å². The number of anilines is 1. The molecule has 0 bridgehead atoms. The Morgan fingerprint density at radius 1 is 0.800 bits per heavy atom. The van der Waals surface area contributed by atoms with Crippen LogP contribution < -0.4 is 14.8 Å². The minimum Gasteiger partial charge on any atom is -0.473 e. The highest BCUT2D eigenvalue weighted by molar-refractivity contribution is 9.10. The number of aromatic nitrogens is 1. The fraction of sp³-hybridized carbons (Fsp3) is 0.172. The molecule has 1 aromatic heterocycles. The van der Waals surface area contributed by atoms with Crippen molar-refractivity contribution in [1.29, 1.82) is 5.41 Å². The number of nitrogens with one attached hydrogen (secondary N) is 2. The molecule has 2 N–H and O–H groups in total. The van der Waals surface area contributed by atoms with Crippen molar-refractivity contribution in [2.45, 2.75) is 27.1 Å². The molecule has 5 nitrogen and oxygen atoms in total. The van der Waals surface area contributed by atoms with Crippen LogP contribution in [0.3, 0.4) is 0 Å². The molecule has 0 unspecified atom stereocenters. The minimum absolute atomic E-state index is 0.317. The van der Waals surface area contributed by atoms with Crippen molar-refractivity contribution >= 4 is 27.3 Å². The van der Waals surface area contributed by atoms with Crippen molar-refractivity contribution in [3.05, 3.63) is 118 Å². The zero-order valence-electron chi connectivity index (χ0n) is 20.2. The van der Waals surface area contributed by atoms with Gasteiger partial charge in [0.25, 0.3) is 0 Å². The van der Waals surface area contributed by atoms with Gasteiger partial charge in [-0.2, -0.15) is 4.98 Å². The van der Waals surface area contributed by atoms with E-state index >= 15 is 0 Å². The van der Waals surface area contributed by atoms with Crippen LogP contribution in [-0.4, -0.2) is 17.7 Å². The number of hydrogen-bond acceptors (Lipinski definition) is 5. The summed E-state index contributed by atoms with van der Waals surface area (Å²) in [6.07, 6.45) is 0. The van der Waals surface area contributed by atoms with Gasteiger partial charge in [-0.05, 0) is 35.4 Å². The van der Waals surface area contributed by atoms with Gasteiger partial charge in [0.1, 0.15) is 13.2 Å². The first-order valence-electron chi connectivity index (χ1n) is 11.5. The Balaban J connectivity index is 0.00000167. The molecule has 0 saturated carbocycles. The zero-order chi connectivity index (χ0) is 25.0. The number of halogens is 1. The fourth-order valence-electron chi connectivity index (χ4n) is 3.35. The smallest absolute Gasteiger partial charge is 0.226 e. The maximum Gasteiger partial charge on any atom is 0.226 e. The molecule has 0 radical (unpaired) electrons. The van der Waals surface area contributed by atoms with E-state index in [4.69, 9.17) is 14.9 Å². The average molecular weight is 532 g/mol. The topological polar surface area (TPSA) is 67.2 Å². The van der Waals surface area contributed by atoms with E-state index in [-0.39, 0.29) is 0 Å². The van der Waals surface area contributed by atoms with Crippen LogP contribution in [0, 0.1) is 5.41 Å². The summed E-state index contributed by atoms with van der Waals surface area (Å²) in [6, 6.07) is 29.2. The highest BCUT2D eigenvalue weighted by Crippen LogP contribution is 2.29. The van der Waals surface area contributed by atoms with Crippen LogP contribution in [0.1, 0.15) is 36.1 Å². The summed E-state index contributed by atoms with van der Waals surface area (Å²) in [4.78, 5) is 4.61. The van der Waals surface area contributed by atoms with E-state index in [0.717, 1.165) is 26.9 Å². The standard InChI is InChI=1S/C27H24BrN3O2.C2H6/c1-30-24-16-21(28)12-13-22(24)26(29)23-14-15-25(32-17-19-8-4-2-5-9-19)31-27(23)33-18-20-10-6-3-7-11-20;1-2/h2-16,29-30H,17-18H2,1H3;1-2H3. The van der Waals surface area contributed by atoms with Crippen molar-refractivity contribution in [3.63, 3.8) is 0 Å². The first kappa shape index (κ1) is 26.0. The Labute approximate surface area is 215 Å². The van der Waals surface area contributed by atoms with Gasteiger partial charge in [-0.15, -0.1) is 0 Å². The second-order valence-electron chi connectivity index (χ2n) is 7.37. The van der Waals surface area contributed by atoms with Crippen LogP contribution in [0.4, 0.5) is 5.69 Å². The highest BCUT2D eigenvalue weighted by atomic mass is 79.9. The second kappa shape index (κ2) is 13.3. The molecule has 0 aliphatic carbocycles. The molecule has 0 aliphatic rings. The molecule has 0 atom stereocenters. The summed E-state index contributed by atoms with van der Waals surface area (Å²) in [7, 11) is 1.84. The summed E-state index contributed by atoms with van der Waals surface area (Å²) < 4.78 is 12.9. The number of ether oxygens (including phenoxy) is 2. The Hall–Kier alpha value is -3.64. The molecular formula is C29H30BrN3O2. The van der Waals surface area contributed by atoms with Crippen molar-refractivity contribution in [3.8, 4) is 11.8 Å². The maximum absolute atomic E-state index is 8.90. The maximum atomic E-state index is 8.90. The quantitative estimate of drug-likeness (QED) is 0.219. The number of rotatable bonds is 9. The van der Waals surface area contributed by atoms with E-state index in [1.807, 2.05) is 106 Å². The van der Waals surface area contributed by atoms with Gasteiger partial charge in [0, 0.05) is 28.8 Å². The van der Waals surface area contributed by atoms with E-state index < -0.39 is 0 Å². The Morgan fingerprint density at radius 2 is 1.37 bits per heavy atom.